The average Bonchev–Trinajstić information content (AvgIpc) is 0.810. The van der Waals surface area contributed by atoms with E-state index in [1.807, 2.05) is 49.2 Å². The van der Waals surface area contributed by atoms with Crippen LogP contribution in [0.1, 0.15) is 404 Å². The summed E-state index contributed by atoms with van der Waals surface area (Å²) in [5.74, 6) is 3.21. The molecule has 612 valence electrons. The minimum atomic E-state index is -0.0888. The number of hydrogen-bond acceptors (Lipinski definition) is 11. The van der Waals surface area contributed by atoms with E-state index in [0.717, 1.165) is 33.5 Å². The summed E-state index contributed by atoms with van der Waals surface area (Å²) in [6, 6.07) is 9.52. The van der Waals surface area contributed by atoms with Crippen molar-refractivity contribution in [3.63, 3.8) is 0 Å². The van der Waals surface area contributed by atoms with Gasteiger partial charge in [0.15, 0.2) is 5.78 Å². The van der Waals surface area contributed by atoms with Gasteiger partial charge in [0, 0.05) is 72.6 Å². The lowest BCUT2D eigenvalue weighted by molar-refractivity contribution is -0.114. The summed E-state index contributed by atoms with van der Waals surface area (Å²) in [6.45, 7) is 88.3. The summed E-state index contributed by atoms with van der Waals surface area (Å²) in [6.07, 6.45) is 20.6. The fraction of sp³-hybridized carbons (Fsp3) is 0.611. The van der Waals surface area contributed by atoms with Crippen molar-refractivity contribution in [2.24, 2.45) is 11.3 Å². The Bertz CT molecular complexity index is 4230. The molecule has 0 aliphatic heterocycles. The third kappa shape index (κ3) is 32.5. The average molecular weight is 1510 g/mol. The first-order chi connectivity index (χ1) is 49.7. The molecule has 0 atom stereocenters. The zero-order valence-electron chi connectivity index (χ0n) is 76.7. The van der Waals surface area contributed by atoms with Gasteiger partial charge in [-0.25, -0.2) is 9.97 Å². The molecule has 1 aliphatic carbocycles. The molecule has 0 unspecified atom stereocenters. The van der Waals surface area contributed by atoms with Crippen LogP contribution in [-0.2, 0) is 48.1 Å². The molecule has 0 bridgehead atoms. The predicted molar refractivity (Wildman–Crippen MR) is 469 cm³/mol. The number of rotatable bonds is 7. The van der Waals surface area contributed by atoms with Gasteiger partial charge in [-0.05, 0) is 176 Å². The number of H-pyrrole nitrogens is 4. The van der Waals surface area contributed by atoms with E-state index in [1.54, 1.807) is 43.1 Å². The van der Waals surface area contributed by atoms with Crippen molar-refractivity contribution >= 4 is 5.78 Å². The van der Waals surface area contributed by atoms with Gasteiger partial charge in [-0.3, -0.25) is 24.0 Å². The highest BCUT2D eigenvalue weighted by Crippen LogP contribution is 2.38. The van der Waals surface area contributed by atoms with Crippen molar-refractivity contribution in [3.8, 4) is 0 Å². The number of aromatic nitrogens is 10. The van der Waals surface area contributed by atoms with Gasteiger partial charge in [0.25, 0.3) is 11.1 Å². The SMILES string of the molecule is CC(C)(C)c1c[nH]c(=O)cc1C(C)(C)C.CC(C)(C)c1cnncc1C(C)(C)C.CC(C)C1=C(C(C)(C)C)CC(=O)C=C1.CC(C)c1c(C(C)(C)C)cc[nH]c1=O.CC(C)c1c[nH]c(=O)cc1C(C)C.CC(C)c1cc[nH]c(=O)c1C(C)(C)C.CC(C)c1ncncc1C(C)(C)C.CC(C)c1nnccc1C(C)(C)C. The van der Waals surface area contributed by atoms with E-state index in [0.29, 0.717) is 41.9 Å². The third-order valence-electron chi connectivity index (χ3n) is 18.7. The van der Waals surface area contributed by atoms with Crippen LogP contribution in [0.3, 0.4) is 0 Å². The van der Waals surface area contributed by atoms with E-state index in [1.165, 1.54) is 55.8 Å². The largest absolute Gasteiger partial charge is 0.329 e. The van der Waals surface area contributed by atoms with Crippen LogP contribution in [0.4, 0.5) is 0 Å². The molecule has 0 spiro atoms. The van der Waals surface area contributed by atoms with E-state index >= 15 is 0 Å². The zero-order valence-corrected chi connectivity index (χ0v) is 76.7. The van der Waals surface area contributed by atoms with E-state index < -0.39 is 0 Å². The Morgan fingerprint density at radius 1 is 0.345 bits per heavy atom. The van der Waals surface area contributed by atoms with Crippen molar-refractivity contribution < 1.29 is 4.79 Å². The minimum absolute atomic E-state index is 0.00639. The number of aromatic amines is 4. The summed E-state index contributed by atoms with van der Waals surface area (Å²) >= 11 is 0. The van der Waals surface area contributed by atoms with E-state index in [2.05, 4.69) is 340 Å². The van der Waals surface area contributed by atoms with Crippen molar-refractivity contribution in [1.29, 1.82) is 0 Å². The van der Waals surface area contributed by atoms with Crippen molar-refractivity contribution in [1.82, 2.24) is 50.3 Å². The number of nitrogens with zero attached hydrogens (tertiary/aromatic N) is 6. The van der Waals surface area contributed by atoms with Crippen molar-refractivity contribution in [2.45, 2.75) is 369 Å². The van der Waals surface area contributed by atoms with Gasteiger partial charge in [0.2, 0.25) is 11.1 Å². The number of ketones is 1. The molecule has 7 aromatic heterocycles. The highest BCUT2D eigenvalue weighted by molar-refractivity contribution is 5.93. The van der Waals surface area contributed by atoms with Crippen LogP contribution < -0.4 is 22.2 Å². The Labute approximate surface area is 666 Å². The Kier molecular flexibility index (Phi) is 37.4. The van der Waals surface area contributed by atoms with Crippen LogP contribution in [-0.4, -0.2) is 56.1 Å². The zero-order chi connectivity index (χ0) is 85.8. The molecule has 0 aromatic carbocycles. The Balaban J connectivity index is 0.000000629. The molecule has 110 heavy (non-hydrogen) atoms. The maximum atomic E-state index is 11.7. The number of carbonyl (C=O) groups excluding carboxylic acids is 1. The molecular weight excluding hydrogens is 1360 g/mol. The molecule has 1 aliphatic rings. The van der Waals surface area contributed by atoms with Gasteiger partial charge >= 0.3 is 0 Å². The number of carbonyl (C=O) groups is 1. The second-order valence-corrected chi connectivity index (χ2v) is 40.8. The summed E-state index contributed by atoms with van der Waals surface area (Å²) in [5.41, 5.74) is 19.8. The number of pyridine rings is 4. The smallest absolute Gasteiger partial charge is 0.251 e. The summed E-state index contributed by atoms with van der Waals surface area (Å²) in [7, 11) is 0. The first kappa shape index (κ1) is 100. The summed E-state index contributed by atoms with van der Waals surface area (Å²) in [5, 5.41) is 16.1. The molecular formula is C95H152N10O5. The first-order valence-electron chi connectivity index (χ1n) is 40.0. The number of hydrogen-bond donors (Lipinski definition) is 4. The van der Waals surface area contributed by atoms with Gasteiger partial charge in [-0.15, -0.1) is 0 Å². The monoisotopic (exact) mass is 1510 g/mol. The Hall–Kier alpha value is -7.81. The molecule has 7 heterocycles. The quantitative estimate of drug-likeness (QED) is 0.117. The second-order valence-electron chi connectivity index (χ2n) is 40.8. The molecule has 0 fully saturated rings. The molecule has 15 nitrogen and oxygen atoms in total. The maximum absolute atomic E-state index is 11.7. The van der Waals surface area contributed by atoms with Crippen molar-refractivity contribution in [2.75, 3.05) is 0 Å². The molecule has 0 saturated heterocycles. The lowest BCUT2D eigenvalue weighted by Crippen LogP contribution is -2.26. The van der Waals surface area contributed by atoms with Crippen LogP contribution in [0.2, 0.25) is 0 Å². The molecule has 0 radical (unpaired) electrons. The summed E-state index contributed by atoms with van der Waals surface area (Å²) in [4.78, 5) is 76.6. The second kappa shape index (κ2) is 41.1. The predicted octanol–water partition coefficient (Wildman–Crippen LogP) is 23.6. The normalized spacial score (nSPS) is 13.0. The highest BCUT2D eigenvalue weighted by Gasteiger charge is 2.30. The van der Waals surface area contributed by atoms with E-state index in [4.69, 9.17) is 0 Å². The first-order valence-corrected chi connectivity index (χ1v) is 40.0. The molecule has 7 aromatic rings. The van der Waals surface area contributed by atoms with Gasteiger partial charge in [0.1, 0.15) is 6.33 Å². The van der Waals surface area contributed by atoms with Crippen molar-refractivity contribution in [3.05, 3.63) is 229 Å². The Morgan fingerprint density at radius 2 is 0.782 bits per heavy atom. The lowest BCUT2D eigenvalue weighted by Gasteiger charge is -2.29. The molecule has 4 N–H and O–H groups in total. The summed E-state index contributed by atoms with van der Waals surface area (Å²) < 4.78 is 0. The fourth-order valence-corrected chi connectivity index (χ4v) is 12.8. The number of allylic oxidation sites excluding steroid dienone is 4. The fourth-order valence-electron chi connectivity index (χ4n) is 12.8. The van der Waals surface area contributed by atoms with Gasteiger partial charge in [-0.2, -0.15) is 20.4 Å². The van der Waals surface area contributed by atoms with Crippen LogP contribution >= 0.6 is 0 Å². The topological polar surface area (TPSA) is 226 Å². The van der Waals surface area contributed by atoms with Crippen LogP contribution in [0, 0.1) is 11.3 Å². The third-order valence-corrected chi connectivity index (χ3v) is 18.7. The van der Waals surface area contributed by atoms with Gasteiger partial charge < -0.3 is 19.9 Å². The highest BCUT2D eigenvalue weighted by atomic mass is 16.1. The van der Waals surface area contributed by atoms with Gasteiger partial charge in [0.05, 0.1) is 18.1 Å². The van der Waals surface area contributed by atoms with Gasteiger partial charge in [-0.1, -0.05) is 296 Å². The standard InChI is InChI=1S/C13H21NO.C13H20O.C12H20N2.2C12H19NO.2C11H18N2.C11H17NO/c1-12(2,3)9-7-11(15)14-8-10(9)13(4,5)6;1-9(2)11-7-6-10(14)8-12(11)13(3,4)5;1-11(2,3)9-7-13-14-8-10(9)12(4,5)6;1-8(2)10-9(12(3,4)5)6-7-13-11(10)14;1-8(2)9-6-7-13-11(14)10(9)12(3,4)5;1-8(2)10-9(11(3,4)5)6-12-7-13-10;1-8(2)10-9(11(3,4)5)6-7-12-13-10;1-7(2)9-5-11(13)12-6-10(9)8(3)4/h7-8H,1-6H3,(H,14,15);6-7,9H,8H2,1-5H3;7-8H,1-6H3;2*6-8H,1-5H3,(H,13,14);2*6-8H,1-5H3;5-8H,1-4H3,(H,12,13). The Morgan fingerprint density at radius 3 is 1.15 bits per heavy atom. The molecule has 0 saturated carbocycles. The molecule has 8 rings (SSSR count). The van der Waals surface area contributed by atoms with Crippen LogP contribution in [0.15, 0.2) is 129 Å². The minimum Gasteiger partial charge on any atom is -0.329 e. The number of nitrogens with one attached hydrogen (secondary N) is 4. The van der Waals surface area contributed by atoms with E-state index in [-0.39, 0.29) is 82.7 Å². The molecule has 0 amide bonds. The van der Waals surface area contributed by atoms with Crippen LogP contribution in [0.5, 0.6) is 0 Å². The maximum Gasteiger partial charge on any atom is 0.251 e. The lowest BCUT2D eigenvalue weighted by atomic mass is 9.76. The van der Waals surface area contributed by atoms with E-state index in [9.17, 15) is 24.0 Å². The molecule has 15 heteroatoms. The van der Waals surface area contributed by atoms with Crippen LogP contribution in [0.25, 0.3) is 0 Å².